The summed E-state index contributed by atoms with van der Waals surface area (Å²) in [5, 5.41) is 7.67. The van der Waals surface area contributed by atoms with E-state index in [1.54, 1.807) is 16.2 Å². The molecule has 7 nitrogen and oxygen atoms in total. The number of amides is 1. The fourth-order valence-corrected chi connectivity index (χ4v) is 2.93. The van der Waals surface area contributed by atoms with Crippen molar-refractivity contribution >= 4 is 16.9 Å². The fourth-order valence-electron chi connectivity index (χ4n) is 2.93. The van der Waals surface area contributed by atoms with Crippen LogP contribution >= 0.6 is 0 Å². The predicted molar refractivity (Wildman–Crippen MR) is 105 cm³/mol. The normalized spacial score (nSPS) is 11.3. The lowest BCUT2D eigenvalue weighted by atomic mass is 10.1. The highest BCUT2D eigenvalue weighted by atomic mass is 16.1. The van der Waals surface area contributed by atoms with Crippen LogP contribution in [0.4, 0.5) is 0 Å². The van der Waals surface area contributed by atoms with E-state index in [0.717, 1.165) is 12.1 Å². The lowest BCUT2D eigenvalue weighted by molar-refractivity contribution is -0.121. The van der Waals surface area contributed by atoms with Crippen molar-refractivity contribution in [2.24, 2.45) is 5.92 Å². The summed E-state index contributed by atoms with van der Waals surface area (Å²) in [4.78, 5) is 29.4. The second kappa shape index (κ2) is 8.16. The highest BCUT2D eigenvalue weighted by molar-refractivity contribution is 5.76. The van der Waals surface area contributed by atoms with Gasteiger partial charge in [0.25, 0.3) is 5.56 Å². The number of benzene rings is 1. The number of hydrogen-bond donors (Lipinski definition) is 1. The van der Waals surface area contributed by atoms with E-state index in [1.165, 1.54) is 6.20 Å². The second-order valence-corrected chi connectivity index (χ2v) is 7.03. The molecule has 0 aliphatic rings. The van der Waals surface area contributed by atoms with Gasteiger partial charge in [-0.25, -0.2) is 9.67 Å². The van der Waals surface area contributed by atoms with Gasteiger partial charge in [0.1, 0.15) is 11.2 Å². The first-order chi connectivity index (χ1) is 13.0. The van der Waals surface area contributed by atoms with Crippen LogP contribution in [-0.2, 0) is 11.3 Å². The van der Waals surface area contributed by atoms with Crippen LogP contribution in [0.2, 0.25) is 0 Å². The van der Waals surface area contributed by atoms with Crippen molar-refractivity contribution in [2.45, 2.75) is 40.2 Å². The maximum absolute atomic E-state index is 12.8. The zero-order valence-electron chi connectivity index (χ0n) is 16.0. The Morgan fingerprint density at radius 3 is 2.67 bits per heavy atom. The van der Waals surface area contributed by atoms with E-state index in [-0.39, 0.29) is 17.9 Å². The fraction of sp³-hybridized carbons (Fsp3) is 0.400. The van der Waals surface area contributed by atoms with Crippen molar-refractivity contribution in [3.05, 3.63) is 52.7 Å². The zero-order valence-corrected chi connectivity index (χ0v) is 16.0. The van der Waals surface area contributed by atoms with Crippen molar-refractivity contribution in [1.29, 1.82) is 0 Å². The van der Waals surface area contributed by atoms with Gasteiger partial charge >= 0.3 is 0 Å². The van der Waals surface area contributed by atoms with Crippen molar-refractivity contribution in [2.75, 3.05) is 6.54 Å². The molecular weight excluding hydrogens is 342 g/mol. The molecule has 1 aromatic carbocycles. The van der Waals surface area contributed by atoms with Crippen LogP contribution in [0, 0.1) is 12.8 Å². The largest absolute Gasteiger partial charge is 0.356 e. The van der Waals surface area contributed by atoms with E-state index in [9.17, 15) is 9.59 Å². The average molecular weight is 367 g/mol. The Bertz CT molecular complexity index is 989. The number of carbonyl (C=O) groups is 1. The average Bonchev–Trinajstić information content (AvgIpc) is 3.06. The molecule has 142 valence electrons. The highest BCUT2D eigenvalue weighted by Crippen LogP contribution is 2.14. The van der Waals surface area contributed by atoms with Gasteiger partial charge in [0.05, 0.1) is 11.9 Å². The summed E-state index contributed by atoms with van der Waals surface area (Å²) < 4.78 is 3.20. The summed E-state index contributed by atoms with van der Waals surface area (Å²) in [6, 6.07) is 9.57. The van der Waals surface area contributed by atoms with Crippen molar-refractivity contribution < 1.29 is 4.79 Å². The van der Waals surface area contributed by atoms with Crippen LogP contribution in [0.5, 0.6) is 0 Å². The number of rotatable bonds is 7. The van der Waals surface area contributed by atoms with Crippen LogP contribution < -0.4 is 10.9 Å². The Morgan fingerprint density at radius 1 is 1.22 bits per heavy atom. The van der Waals surface area contributed by atoms with Gasteiger partial charge in [-0.05, 0) is 31.4 Å². The Hall–Kier alpha value is -2.96. The molecule has 3 rings (SSSR count). The first-order valence-corrected chi connectivity index (χ1v) is 9.24. The molecule has 27 heavy (non-hydrogen) atoms. The molecule has 0 saturated heterocycles. The number of para-hydroxylation sites is 1. The molecule has 0 saturated carbocycles. The first-order valence-electron chi connectivity index (χ1n) is 9.24. The third-order valence-electron chi connectivity index (χ3n) is 4.48. The number of fused-ring (bicyclic) bond motifs is 1. The first kappa shape index (κ1) is 18.8. The molecule has 0 unspecified atom stereocenters. The minimum absolute atomic E-state index is 0.0537. The molecule has 0 atom stereocenters. The lowest BCUT2D eigenvalue weighted by Gasteiger charge is -2.11. The number of hydrogen-bond acceptors (Lipinski definition) is 4. The molecule has 7 heteroatoms. The Balaban J connectivity index is 1.80. The van der Waals surface area contributed by atoms with Gasteiger partial charge in [-0.3, -0.25) is 14.2 Å². The minimum atomic E-state index is -0.172. The van der Waals surface area contributed by atoms with Crippen LogP contribution in [-0.4, -0.2) is 31.8 Å². The molecule has 0 bridgehead atoms. The number of nitrogens with zero attached hydrogens (tertiary/aromatic N) is 4. The summed E-state index contributed by atoms with van der Waals surface area (Å²) in [5.74, 6) is 1.06. The number of nitrogens with one attached hydrogen (secondary N) is 1. The van der Waals surface area contributed by atoms with Crippen LogP contribution in [0.1, 0.15) is 32.5 Å². The van der Waals surface area contributed by atoms with Crippen molar-refractivity contribution in [3.63, 3.8) is 0 Å². The molecule has 1 N–H and O–H groups in total. The van der Waals surface area contributed by atoms with Gasteiger partial charge in [-0.15, -0.1) is 0 Å². The van der Waals surface area contributed by atoms with Crippen LogP contribution in [0.15, 0.2) is 41.3 Å². The van der Waals surface area contributed by atoms with Gasteiger partial charge < -0.3 is 5.32 Å². The molecular formula is C20H25N5O2. The molecule has 0 aliphatic carbocycles. The Kier molecular flexibility index (Phi) is 5.69. The topological polar surface area (TPSA) is 81.8 Å². The molecule has 0 fully saturated rings. The third-order valence-corrected chi connectivity index (χ3v) is 4.48. The SMILES string of the molecule is Cc1nc2c(cnn2-c2ccccc2)c(=O)n1CCC(=O)NCCC(C)C. The van der Waals surface area contributed by atoms with E-state index in [1.807, 2.05) is 30.3 Å². The molecule has 0 aliphatic heterocycles. The second-order valence-electron chi connectivity index (χ2n) is 7.03. The maximum Gasteiger partial charge on any atom is 0.264 e. The number of aryl methyl sites for hydroxylation is 1. The molecule has 2 aromatic heterocycles. The molecule has 1 amide bonds. The van der Waals surface area contributed by atoms with Gasteiger partial charge in [0.15, 0.2) is 5.65 Å². The minimum Gasteiger partial charge on any atom is -0.356 e. The summed E-state index contributed by atoms with van der Waals surface area (Å²) in [6.45, 7) is 6.97. The smallest absolute Gasteiger partial charge is 0.264 e. The van der Waals surface area contributed by atoms with Gasteiger partial charge in [-0.2, -0.15) is 5.10 Å². The van der Waals surface area contributed by atoms with Gasteiger partial charge in [0.2, 0.25) is 5.91 Å². The van der Waals surface area contributed by atoms with E-state index in [2.05, 4.69) is 29.2 Å². The Labute approximate surface area is 158 Å². The van der Waals surface area contributed by atoms with Crippen molar-refractivity contribution in [3.8, 4) is 5.69 Å². The number of carbonyl (C=O) groups excluding carboxylic acids is 1. The molecule has 2 heterocycles. The Morgan fingerprint density at radius 2 is 1.96 bits per heavy atom. The summed E-state index contributed by atoms with van der Waals surface area (Å²) in [7, 11) is 0. The van der Waals surface area contributed by atoms with Crippen molar-refractivity contribution in [1.82, 2.24) is 24.6 Å². The van der Waals surface area contributed by atoms with E-state index >= 15 is 0 Å². The van der Waals surface area contributed by atoms with E-state index in [0.29, 0.717) is 35.9 Å². The summed E-state index contributed by atoms with van der Waals surface area (Å²) >= 11 is 0. The monoisotopic (exact) mass is 367 g/mol. The quantitative estimate of drug-likeness (QED) is 0.695. The van der Waals surface area contributed by atoms with Crippen LogP contribution in [0.25, 0.3) is 16.7 Å². The maximum atomic E-state index is 12.8. The summed E-state index contributed by atoms with van der Waals surface area (Å²) in [6.07, 6.45) is 2.73. The van der Waals surface area contributed by atoms with Gasteiger partial charge in [0, 0.05) is 19.5 Å². The van der Waals surface area contributed by atoms with E-state index < -0.39 is 0 Å². The third kappa shape index (κ3) is 4.24. The molecule has 0 spiro atoms. The number of aromatic nitrogens is 4. The molecule has 3 aromatic rings. The lowest BCUT2D eigenvalue weighted by Crippen LogP contribution is -2.30. The molecule has 0 radical (unpaired) electrons. The van der Waals surface area contributed by atoms with Crippen LogP contribution in [0.3, 0.4) is 0 Å². The standard InChI is InChI=1S/C20H25N5O2/c1-14(2)9-11-21-18(26)10-12-24-15(3)23-19-17(20(24)27)13-22-25(19)16-7-5-4-6-8-16/h4-8,13-14H,9-12H2,1-3H3,(H,21,26). The zero-order chi connectivity index (χ0) is 19.4. The highest BCUT2D eigenvalue weighted by Gasteiger charge is 2.14. The predicted octanol–water partition coefficient (Wildman–Crippen LogP) is 2.44. The van der Waals surface area contributed by atoms with Gasteiger partial charge in [-0.1, -0.05) is 32.0 Å². The van der Waals surface area contributed by atoms with E-state index in [4.69, 9.17) is 0 Å². The summed E-state index contributed by atoms with van der Waals surface area (Å²) in [5.41, 5.74) is 1.21.